The maximum Gasteiger partial charge on any atom is 0.262 e. The topological polar surface area (TPSA) is 79.8 Å². The van der Waals surface area contributed by atoms with E-state index in [1.807, 2.05) is 49.4 Å². The molecule has 2 aromatic carbocycles. The Labute approximate surface area is 195 Å². The summed E-state index contributed by atoms with van der Waals surface area (Å²) in [5.74, 6) is 2.25. The van der Waals surface area contributed by atoms with Crippen molar-refractivity contribution in [2.75, 3.05) is 19.0 Å². The lowest BCUT2D eigenvalue weighted by Crippen LogP contribution is -2.64. The van der Waals surface area contributed by atoms with Gasteiger partial charge in [0.15, 0.2) is 18.1 Å². The van der Waals surface area contributed by atoms with Crippen LogP contribution in [0.25, 0.3) is 0 Å². The molecule has 4 saturated carbocycles. The fourth-order valence-electron chi connectivity index (χ4n) is 6.63. The van der Waals surface area contributed by atoms with Crippen LogP contribution in [0.15, 0.2) is 42.5 Å². The monoisotopic (exact) mass is 450 g/mol. The van der Waals surface area contributed by atoms with Crippen molar-refractivity contribution >= 4 is 11.6 Å². The van der Waals surface area contributed by atoms with Crippen LogP contribution in [0.2, 0.25) is 0 Å². The summed E-state index contributed by atoms with van der Waals surface area (Å²) in [4.78, 5) is 12.3. The Kier molecular flexibility index (Phi) is 5.83. The van der Waals surface area contributed by atoms with Gasteiger partial charge in [0.25, 0.3) is 5.91 Å². The Hall–Kier alpha value is -2.57. The van der Waals surface area contributed by atoms with Crippen molar-refractivity contribution in [3.05, 3.63) is 53.6 Å². The zero-order chi connectivity index (χ0) is 23.1. The molecule has 3 N–H and O–H groups in total. The molecule has 2 unspecified atom stereocenters. The highest BCUT2D eigenvalue weighted by atomic mass is 16.5. The number of nitrogens with one attached hydrogen (secondary N) is 2. The maximum atomic E-state index is 12.3. The Morgan fingerprint density at radius 1 is 1.06 bits per heavy atom. The highest BCUT2D eigenvalue weighted by Gasteiger charge is 2.56. The highest BCUT2D eigenvalue weighted by molar-refractivity contribution is 5.91. The molecule has 6 rings (SSSR count). The van der Waals surface area contributed by atoms with E-state index in [0.717, 1.165) is 42.6 Å². The van der Waals surface area contributed by atoms with Gasteiger partial charge in [-0.2, -0.15) is 0 Å². The molecule has 4 aliphatic carbocycles. The molecular weight excluding hydrogens is 416 g/mol. The Balaban J connectivity index is 1.18. The molecule has 1 amide bonds. The second-order valence-corrected chi connectivity index (χ2v) is 10.5. The van der Waals surface area contributed by atoms with E-state index < -0.39 is 5.60 Å². The first-order valence-corrected chi connectivity index (χ1v) is 12.0. The molecule has 2 aromatic rings. The summed E-state index contributed by atoms with van der Waals surface area (Å²) in [7, 11) is 1.61. The van der Waals surface area contributed by atoms with Crippen molar-refractivity contribution < 1.29 is 19.4 Å². The first-order valence-electron chi connectivity index (χ1n) is 12.0. The fraction of sp³-hybridized carbons (Fsp3) is 0.519. The molecule has 2 atom stereocenters. The summed E-state index contributed by atoms with van der Waals surface area (Å²) >= 11 is 0. The number of hydrogen-bond acceptors (Lipinski definition) is 5. The number of carbonyl (C=O) groups excluding carboxylic acids is 1. The lowest BCUT2D eigenvalue weighted by atomic mass is 9.51. The van der Waals surface area contributed by atoms with Gasteiger partial charge in [0.2, 0.25) is 0 Å². The number of benzene rings is 2. The Morgan fingerprint density at radius 2 is 1.79 bits per heavy atom. The summed E-state index contributed by atoms with van der Waals surface area (Å²) in [6, 6.07) is 13.5. The second kappa shape index (κ2) is 8.65. The van der Waals surface area contributed by atoms with E-state index in [1.165, 1.54) is 19.3 Å². The van der Waals surface area contributed by atoms with Crippen LogP contribution in [0, 0.1) is 18.8 Å². The number of aryl methyl sites for hydroxylation is 1. The van der Waals surface area contributed by atoms with Gasteiger partial charge in [-0.15, -0.1) is 0 Å². The number of aliphatic hydroxyl groups is 1. The molecule has 6 heteroatoms. The Morgan fingerprint density at radius 3 is 2.45 bits per heavy atom. The predicted octanol–water partition coefficient (Wildman–Crippen LogP) is 4.19. The summed E-state index contributed by atoms with van der Waals surface area (Å²) in [6.45, 7) is 2.64. The zero-order valence-electron chi connectivity index (χ0n) is 19.5. The third kappa shape index (κ3) is 4.87. The summed E-state index contributed by atoms with van der Waals surface area (Å²) in [5.41, 5.74) is 2.58. The van der Waals surface area contributed by atoms with Gasteiger partial charge in [-0.3, -0.25) is 4.79 Å². The largest absolute Gasteiger partial charge is 0.493 e. The molecule has 4 bridgehead atoms. The normalized spacial score (nSPS) is 29.7. The number of rotatable bonds is 8. The van der Waals surface area contributed by atoms with Crippen molar-refractivity contribution in [1.29, 1.82) is 0 Å². The van der Waals surface area contributed by atoms with Crippen molar-refractivity contribution in [3.63, 3.8) is 0 Å². The molecule has 0 saturated heterocycles. The number of ether oxygens (including phenoxy) is 2. The van der Waals surface area contributed by atoms with Gasteiger partial charge in [-0.1, -0.05) is 23.8 Å². The average molecular weight is 451 g/mol. The van der Waals surface area contributed by atoms with Gasteiger partial charge in [0.1, 0.15) is 0 Å². The van der Waals surface area contributed by atoms with E-state index in [1.54, 1.807) is 7.11 Å². The first-order chi connectivity index (χ1) is 15.8. The minimum atomic E-state index is -0.467. The minimum absolute atomic E-state index is 0.0509. The van der Waals surface area contributed by atoms with Crippen molar-refractivity contribution in [3.8, 4) is 11.5 Å². The van der Waals surface area contributed by atoms with E-state index in [4.69, 9.17) is 9.47 Å². The number of hydrogen-bond donors (Lipinski definition) is 3. The van der Waals surface area contributed by atoms with E-state index in [-0.39, 0.29) is 18.1 Å². The van der Waals surface area contributed by atoms with Crippen LogP contribution in [0.1, 0.15) is 49.7 Å². The molecule has 0 spiro atoms. The van der Waals surface area contributed by atoms with Crippen LogP contribution < -0.4 is 20.1 Å². The number of carbonyl (C=O) groups is 1. The fourth-order valence-corrected chi connectivity index (χ4v) is 6.63. The maximum absolute atomic E-state index is 12.3. The summed E-state index contributed by atoms with van der Waals surface area (Å²) in [5, 5.41) is 17.6. The molecule has 33 heavy (non-hydrogen) atoms. The molecule has 4 aliphatic rings. The molecule has 4 fully saturated rings. The summed E-state index contributed by atoms with van der Waals surface area (Å²) in [6.07, 6.45) is 6.43. The second-order valence-electron chi connectivity index (χ2n) is 10.5. The molecular formula is C27H34N2O4. The van der Waals surface area contributed by atoms with Crippen LogP contribution >= 0.6 is 0 Å². The van der Waals surface area contributed by atoms with Gasteiger partial charge in [-0.25, -0.2) is 0 Å². The van der Waals surface area contributed by atoms with Gasteiger partial charge in [-0.05, 0) is 87.1 Å². The van der Waals surface area contributed by atoms with Crippen LogP contribution in [0.4, 0.5) is 5.69 Å². The van der Waals surface area contributed by atoms with Crippen LogP contribution in [0.5, 0.6) is 11.5 Å². The Bertz CT molecular complexity index is 1010. The van der Waals surface area contributed by atoms with Crippen LogP contribution in [0.3, 0.4) is 0 Å². The van der Waals surface area contributed by atoms with Gasteiger partial charge >= 0.3 is 0 Å². The number of amides is 1. The van der Waals surface area contributed by atoms with Crippen molar-refractivity contribution in [2.45, 2.75) is 63.1 Å². The molecule has 0 radical (unpaired) electrons. The SMILES string of the molecule is COc1cc(CNC23CC4CC(CC(O)(C4)C2)C3)ccc1OCC(=O)Nc1ccc(C)cc1. The molecule has 0 aromatic heterocycles. The van der Waals surface area contributed by atoms with Crippen LogP contribution in [-0.2, 0) is 11.3 Å². The van der Waals surface area contributed by atoms with Gasteiger partial charge in [0.05, 0.1) is 12.7 Å². The lowest BCUT2D eigenvalue weighted by molar-refractivity contribution is -0.142. The van der Waals surface area contributed by atoms with E-state index >= 15 is 0 Å². The third-order valence-electron chi connectivity index (χ3n) is 7.62. The first kappa shape index (κ1) is 22.2. The van der Waals surface area contributed by atoms with Gasteiger partial charge < -0.3 is 25.2 Å². The predicted molar refractivity (Wildman–Crippen MR) is 128 cm³/mol. The minimum Gasteiger partial charge on any atom is -0.493 e. The van der Waals surface area contributed by atoms with Crippen molar-refractivity contribution in [1.82, 2.24) is 5.32 Å². The average Bonchev–Trinajstić information content (AvgIpc) is 2.76. The van der Waals surface area contributed by atoms with Crippen LogP contribution in [-0.4, -0.2) is 35.9 Å². The quantitative estimate of drug-likeness (QED) is 0.562. The molecule has 6 nitrogen and oxygen atoms in total. The zero-order valence-corrected chi connectivity index (χ0v) is 19.5. The van der Waals surface area contributed by atoms with Gasteiger partial charge in [0, 0.05) is 17.8 Å². The summed E-state index contributed by atoms with van der Waals surface area (Å²) < 4.78 is 11.3. The number of methoxy groups -OCH3 is 1. The molecule has 0 heterocycles. The smallest absolute Gasteiger partial charge is 0.262 e. The molecule has 176 valence electrons. The van der Waals surface area contributed by atoms with Crippen molar-refractivity contribution in [2.24, 2.45) is 11.8 Å². The lowest BCUT2D eigenvalue weighted by Gasteiger charge is -2.60. The highest BCUT2D eigenvalue weighted by Crippen LogP contribution is 2.57. The third-order valence-corrected chi connectivity index (χ3v) is 7.62. The standard InChI is InChI=1S/C27H34N2O4/c1-18-3-6-22(7-4-18)29-25(30)16-33-23-8-5-19(10-24(23)32-2)15-28-26-11-20-9-21(12-26)14-27(31,13-20)17-26/h3-8,10,20-21,28,31H,9,11-17H2,1-2H3,(H,29,30). The molecule has 0 aliphatic heterocycles. The number of anilines is 1. The van der Waals surface area contributed by atoms with E-state index in [9.17, 15) is 9.90 Å². The van der Waals surface area contributed by atoms with E-state index in [0.29, 0.717) is 23.3 Å². The van der Waals surface area contributed by atoms with E-state index in [2.05, 4.69) is 10.6 Å².